The highest BCUT2D eigenvalue weighted by Gasteiger charge is 2.23. The molecule has 0 aliphatic carbocycles. The third-order valence-corrected chi connectivity index (χ3v) is 7.11. The number of hydrogen-bond donors (Lipinski definition) is 2. The molecule has 4 heterocycles. The van der Waals surface area contributed by atoms with Crippen molar-refractivity contribution in [2.45, 2.75) is 25.5 Å². The number of alkyl carbamates (subject to hydrolysis) is 1. The molecular weight excluding hydrogens is 541 g/mol. The summed E-state index contributed by atoms with van der Waals surface area (Å²) in [5.41, 5.74) is 2.51. The van der Waals surface area contributed by atoms with E-state index in [9.17, 15) is 4.79 Å². The summed E-state index contributed by atoms with van der Waals surface area (Å²) >= 11 is 12.6. The van der Waals surface area contributed by atoms with Crippen LogP contribution in [-0.2, 0) is 11.3 Å². The largest absolute Gasteiger partial charge is 0.446 e. The first kappa shape index (κ1) is 27.4. The van der Waals surface area contributed by atoms with Crippen molar-refractivity contribution in [1.82, 2.24) is 30.5 Å². The lowest BCUT2D eigenvalue weighted by molar-refractivity contribution is 0.0498. The summed E-state index contributed by atoms with van der Waals surface area (Å²) in [5, 5.41) is 6.90. The van der Waals surface area contributed by atoms with Gasteiger partial charge >= 0.3 is 6.09 Å². The fourth-order valence-corrected chi connectivity index (χ4v) is 5.24. The van der Waals surface area contributed by atoms with Gasteiger partial charge in [-0.3, -0.25) is 4.90 Å². The molecule has 39 heavy (non-hydrogen) atoms. The van der Waals surface area contributed by atoms with Crippen molar-refractivity contribution in [3.63, 3.8) is 0 Å². The van der Waals surface area contributed by atoms with Gasteiger partial charge in [-0.05, 0) is 42.7 Å². The number of hydrogen-bond acceptors (Lipinski definition) is 9. The van der Waals surface area contributed by atoms with Crippen LogP contribution in [0.25, 0.3) is 11.3 Å². The van der Waals surface area contributed by atoms with Crippen molar-refractivity contribution in [2.24, 2.45) is 0 Å². The monoisotopic (exact) mass is 571 g/mol. The minimum absolute atomic E-state index is 0.0779. The molecule has 0 unspecified atom stereocenters. The first-order valence-corrected chi connectivity index (χ1v) is 13.7. The SMILES string of the molecule is CNC(=O)OC1CCN(Cc2cc(Oc3cnc(N4CCNCC4)nc3)nc(-c3cc(Cl)cc(Cl)c3)c2)CC1. The number of likely N-dealkylation sites (tertiary alicyclic amines) is 1. The number of ether oxygens (including phenoxy) is 2. The van der Waals surface area contributed by atoms with Crippen LogP contribution in [0.15, 0.2) is 42.7 Å². The fraction of sp³-hybridized carbons (Fsp3) is 0.407. The lowest BCUT2D eigenvalue weighted by Crippen LogP contribution is -2.44. The predicted octanol–water partition coefficient (Wildman–Crippen LogP) is 4.37. The van der Waals surface area contributed by atoms with E-state index in [0.717, 1.165) is 63.2 Å². The molecule has 0 spiro atoms. The molecule has 1 aromatic carbocycles. The van der Waals surface area contributed by atoms with Gasteiger partial charge in [0.25, 0.3) is 0 Å². The number of piperidine rings is 1. The molecule has 2 N–H and O–H groups in total. The summed E-state index contributed by atoms with van der Waals surface area (Å²) in [5.74, 6) is 1.61. The van der Waals surface area contributed by atoms with Crippen LogP contribution in [0, 0.1) is 0 Å². The number of halogens is 2. The maximum Gasteiger partial charge on any atom is 0.407 e. The summed E-state index contributed by atoms with van der Waals surface area (Å²) < 4.78 is 11.6. The van der Waals surface area contributed by atoms with Gasteiger partial charge in [0, 0.05) is 74.5 Å². The van der Waals surface area contributed by atoms with Crippen LogP contribution in [0.4, 0.5) is 10.7 Å². The van der Waals surface area contributed by atoms with Crippen molar-refractivity contribution < 1.29 is 14.3 Å². The van der Waals surface area contributed by atoms with Crippen molar-refractivity contribution in [3.8, 4) is 22.9 Å². The molecule has 12 heteroatoms. The quantitative estimate of drug-likeness (QED) is 0.427. The van der Waals surface area contributed by atoms with Gasteiger partial charge in [0.05, 0.1) is 18.1 Å². The van der Waals surface area contributed by atoms with E-state index in [-0.39, 0.29) is 12.2 Å². The topological polar surface area (TPSA) is 105 Å². The lowest BCUT2D eigenvalue weighted by Gasteiger charge is -2.31. The number of rotatable bonds is 7. The standard InChI is InChI=1S/C27H31Cl2N7O3/c1-30-27(37)39-22-2-6-35(7-3-22)17-18-10-24(19-12-20(28)14-21(29)13-19)34-25(11-18)38-23-15-32-26(33-16-23)36-8-4-31-5-9-36/h10-16,22,31H,2-9,17H2,1H3,(H,30,37). The first-order valence-electron chi connectivity index (χ1n) is 13.0. The number of piperazine rings is 1. The van der Waals surface area contributed by atoms with Crippen molar-refractivity contribution in [2.75, 3.05) is 51.2 Å². The van der Waals surface area contributed by atoms with Crippen LogP contribution >= 0.6 is 23.2 Å². The van der Waals surface area contributed by atoms with Gasteiger partial charge in [-0.25, -0.2) is 19.7 Å². The van der Waals surface area contributed by atoms with E-state index in [2.05, 4.69) is 30.4 Å². The van der Waals surface area contributed by atoms with E-state index in [4.69, 9.17) is 37.7 Å². The van der Waals surface area contributed by atoms with Gasteiger partial charge in [-0.1, -0.05) is 23.2 Å². The highest BCUT2D eigenvalue weighted by Crippen LogP contribution is 2.30. The van der Waals surface area contributed by atoms with Crippen LogP contribution in [-0.4, -0.2) is 78.4 Å². The van der Waals surface area contributed by atoms with Gasteiger partial charge in [-0.2, -0.15) is 0 Å². The molecule has 0 bridgehead atoms. The maximum atomic E-state index is 11.6. The van der Waals surface area contributed by atoms with Crippen molar-refractivity contribution in [3.05, 3.63) is 58.3 Å². The molecule has 10 nitrogen and oxygen atoms in total. The summed E-state index contributed by atoms with van der Waals surface area (Å²) in [6.45, 7) is 5.85. The summed E-state index contributed by atoms with van der Waals surface area (Å²) in [7, 11) is 1.57. The second kappa shape index (κ2) is 12.8. The Morgan fingerprint density at radius 1 is 1.03 bits per heavy atom. The molecule has 2 saturated heterocycles. The number of nitrogens with one attached hydrogen (secondary N) is 2. The molecule has 206 valence electrons. The average Bonchev–Trinajstić information content (AvgIpc) is 2.94. The van der Waals surface area contributed by atoms with E-state index >= 15 is 0 Å². The third kappa shape index (κ3) is 7.48. The second-order valence-electron chi connectivity index (χ2n) is 9.55. The normalized spacial score (nSPS) is 16.6. The van der Waals surface area contributed by atoms with Gasteiger partial charge in [-0.15, -0.1) is 0 Å². The molecule has 2 fully saturated rings. The number of benzene rings is 1. The number of amides is 1. The average molecular weight is 572 g/mol. The van der Waals surface area contributed by atoms with Crippen LogP contribution < -0.4 is 20.3 Å². The minimum atomic E-state index is -0.390. The van der Waals surface area contributed by atoms with Crippen molar-refractivity contribution in [1.29, 1.82) is 0 Å². The number of carbonyl (C=O) groups is 1. The van der Waals surface area contributed by atoms with E-state index in [0.29, 0.717) is 39.9 Å². The van der Waals surface area contributed by atoms with E-state index < -0.39 is 0 Å². The van der Waals surface area contributed by atoms with Gasteiger partial charge in [0.15, 0.2) is 5.75 Å². The molecule has 1 amide bonds. The zero-order valence-electron chi connectivity index (χ0n) is 21.7. The summed E-state index contributed by atoms with van der Waals surface area (Å²) in [6.07, 6.45) is 4.42. The Morgan fingerprint density at radius 2 is 1.72 bits per heavy atom. The van der Waals surface area contributed by atoms with Crippen molar-refractivity contribution >= 4 is 35.2 Å². The van der Waals surface area contributed by atoms with E-state index in [1.807, 2.05) is 24.3 Å². The van der Waals surface area contributed by atoms with Crippen LogP contribution in [0.5, 0.6) is 11.6 Å². The number of carbonyl (C=O) groups excluding carboxylic acids is 1. The zero-order chi connectivity index (χ0) is 27.2. The van der Waals surface area contributed by atoms with Gasteiger partial charge < -0.3 is 25.0 Å². The smallest absolute Gasteiger partial charge is 0.407 e. The number of pyridine rings is 1. The molecule has 5 rings (SSSR count). The first-order chi connectivity index (χ1) is 18.9. The summed E-state index contributed by atoms with van der Waals surface area (Å²) in [6, 6.07) is 9.29. The third-order valence-electron chi connectivity index (χ3n) is 6.68. The molecule has 3 aromatic rings. The molecule has 0 saturated carbocycles. The van der Waals surface area contributed by atoms with Crippen LogP contribution in [0.2, 0.25) is 10.0 Å². The van der Waals surface area contributed by atoms with E-state index in [1.54, 1.807) is 25.5 Å². The zero-order valence-corrected chi connectivity index (χ0v) is 23.2. The number of nitrogens with zero attached hydrogens (tertiary/aromatic N) is 5. The molecule has 0 atom stereocenters. The molecular formula is C27H31Cl2N7O3. The Labute approximate surface area is 237 Å². The Balaban J connectivity index is 1.34. The Morgan fingerprint density at radius 3 is 2.38 bits per heavy atom. The molecule has 2 aromatic heterocycles. The number of anilines is 1. The Hall–Kier alpha value is -3.18. The van der Waals surface area contributed by atoms with Gasteiger partial charge in [0.1, 0.15) is 6.10 Å². The second-order valence-corrected chi connectivity index (χ2v) is 10.4. The highest BCUT2D eigenvalue weighted by molar-refractivity contribution is 6.35. The molecule has 2 aliphatic rings. The Bertz CT molecular complexity index is 1260. The van der Waals surface area contributed by atoms with E-state index in [1.165, 1.54) is 0 Å². The molecule has 2 aliphatic heterocycles. The number of aromatic nitrogens is 3. The van der Waals surface area contributed by atoms with Gasteiger partial charge in [0.2, 0.25) is 11.8 Å². The lowest BCUT2D eigenvalue weighted by atomic mass is 10.1. The van der Waals surface area contributed by atoms with Crippen LogP contribution in [0.3, 0.4) is 0 Å². The van der Waals surface area contributed by atoms with Crippen LogP contribution in [0.1, 0.15) is 18.4 Å². The summed E-state index contributed by atoms with van der Waals surface area (Å²) in [4.78, 5) is 29.8. The predicted molar refractivity (Wildman–Crippen MR) is 151 cm³/mol. The molecule has 0 radical (unpaired) electrons. The highest BCUT2D eigenvalue weighted by atomic mass is 35.5. The Kier molecular flexibility index (Phi) is 8.98. The minimum Gasteiger partial charge on any atom is -0.446 e. The fourth-order valence-electron chi connectivity index (χ4n) is 4.72. The maximum absolute atomic E-state index is 11.6.